The van der Waals surface area contributed by atoms with Crippen molar-refractivity contribution in [2.75, 3.05) is 11.1 Å². The zero-order chi connectivity index (χ0) is 14.1. The molecule has 0 saturated heterocycles. The molecule has 0 bridgehead atoms. The molecule has 1 amide bonds. The minimum atomic E-state index is -0.337. The fraction of sp³-hybridized carbons (Fsp3) is 0. The van der Waals surface area contributed by atoms with Crippen LogP contribution >= 0.6 is 0 Å². The van der Waals surface area contributed by atoms with Crippen molar-refractivity contribution in [2.24, 2.45) is 0 Å². The molecule has 0 fully saturated rings. The van der Waals surface area contributed by atoms with Crippen LogP contribution < -0.4 is 11.1 Å². The highest BCUT2D eigenvalue weighted by Gasteiger charge is 2.11. The Balaban J connectivity index is 1.91. The van der Waals surface area contributed by atoms with Gasteiger partial charge >= 0.3 is 0 Å². The first-order valence-electron chi connectivity index (χ1n) is 6.07. The van der Waals surface area contributed by atoms with E-state index in [0.717, 1.165) is 0 Å². The topological polar surface area (TPSA) is 70.9 Å². The number of halogens is 1. The Hall–Kier alpha value is -2.82. The van der Waals surface area contributed by atoms with Gasteiger partial charge in [-0.25, -0.2) is 4.39 Å². The first-order chi connectivity index (χ1) is 9.63. The van der Waals surface area contributed by atoms with Crippen LogP contribution in [-0.4, -0.2) is 10.9 Å². The molecule has 0 aliphatic carbocycles. The highest BCUT2D eigenvalue weighted by molar-refractivity contribution is 6.07. The van der Waals surface area contributed by atoms with E-state index in [1.54, 1.807) is 36.4 Å². The average molecular weight is 269 g/mol. The molecule has 3 rings (SSSR count). The van der Waals surface area contributed by atoms with Crippen LogP contribution in [0, 0.1) is 5.82 Å². The Morgan fingerprint density at radius 1 is 1.15 bits per heavy atom. The third-order valence-electron chi connectivity index (χ3n) is 3.04. The molecule has 3 aromatic rings. The van der Waals surface area contributed by atoms with Gasteiger partial charge in [-0.1, -0.05) is 12.1 Å². The monoisotopic (exact) mass is 269 g/mol. The number of benzene rings is 2. The maximum atomic E-state index is 13.1. The summed E-state index contributed by atoms with van der Waals surface area (Å²) >= 11 is 0. The summed E-state index contributed by atoms with van der Waals surface area (Å²) in [5, 5.41) is 3.36. The zero-order valence-corrected chi connectivity index (χ0v) is 10.5. The number of anilines is 2. The second-order valence-electron chi connectivity index (χ2n) is 4.46. The lowest BCUT2D eigenvalue weighted by atomic mass is 10.2. The maximum Gasteiger partial charge on any atom is 0.272 e. The molecule has 0 aliphatic heterocycles. The Bertz CT molecular complexity index is 795. The van der Waals surface area contributed by atoms with Crippen LogP contribution in [0.5, 0.6) is 0 Å². The van der Waals surface area contributed by atoms with Crippen molar-refractivity contribution in [1.82, 2.24) is 4.98 Å². The summed E-state index contributed by atoms with van der Waals surface area (Å²) < 4.78 is 13.1. The third-order valence-corrected chi connectivity index (χ3v) is 3.04. The standard InChI is InChI=1S/C15H12FN3O/c16-10-5-6-12-9(7-10)8-14(18-12)15(20)19-13-4-2-1-3-11(13)17/h1-8,18H,17H2,(H,19,20). The number of aromatic amines is 1. The Morgan fingerprint density at radius 3 is 2.75 bits per heavy atom. The Kier molecular flexibility index (Phi) is 2.87. The van der Waals surface area contributed by atoms with Gasteiger partial charge < -0.3 is 16.0 Å². The number of nitrogens with one attached hydrogen (secondary N) is 2. The smallest absolute Gasteiger partial charge is 0.272 e. The van der Waals surface area contributed by atoms with Gasteiger partial charge in [0.2, 0.25) is 0 Å². The van der Waals surface area contributed by atoms with Crippen LogP contribution in [0.3, 0.4) is 0 Å². The second-order valence-corrected chi connectivity index (χ2v) is 4.46. The molecule has 0 saturated carbocycles. The van der Waals surface area contributed by atoms with E-state index in [-0.39, 0.29) is 11.7 Å². The van der Waals surface area contributed by atoms with Gasteiger partial charge in [0.25, 0.3) is 5.91 Å². The molecule has 100 valence electrons. The lowest BCUT2D eigenvalue weighted by Gasteiger charge is -2.06. The normalized spacial score (nSPS) is 10.7. The van der Waals surface area contributed by atoms with Crippen molar-refractivity contribution < 1.29 is 9.18 Å². The van der Waals surface area contributed by atoms with Gasteiger partial charge in [-0.15, -0.1) is 0 Å². The molecule has 20 heavy (non-hydrogen) atoms. The van der Waals surface area contributed by atoms with Gasteiger partial charge in [0.15, 0.2) is 0 Å². The zero-order valence-electron chi connectivity index (χ0n) is 10.5. The largest absolute Gasteiger partial charge is 0.397 e. The Morgan fingerprint density at radius 2 is 1.95 bits per heavy atom. The van der Waals surface area contributed by atoms with Crippen molar-refractivity contribution in [3.05, 3.63) is 60.0 Å². The van der Waals surface area contributed by atoms with Crippen molar-refractivity contribution >= 4 is 28.2 Å². The van der Waals surface area contributed by atoms with Gasteiger partial charge in [-0.3, -0.25) is 4.79 Å². The van der Waals surface area contributed by atoms with E-state index >= 15 is 0 Å². The molecule has 1 aromatic heterocycles. The Labute approximate surface area is 114 Å². The van der Waals surface area contributed by atoms with E-state index in [1.165, 1.54) is 12.1 Å². The first kappa shape index (κ1) is 12.2. The summed E-state index contributed by atoms with van der Waals surface area (Å²) in [6, 6.07) is 12.9. The molecule has 0 radical (unpaired) electrons. The number of nitrogens with two attached hydrogens (primary N) is 1. The van der Waals surface area contributed by atoms with Crippen molar-refractivity contribution in [3.8, 4) is 0 Å². The molecule has 4 nitrogen and oxygen atoms in total. The van der Waals surface area contributed by atoms with Gasteiger partial charge in [0, 0.05) is 10.9 Å². The van der Waals surface area contributed by atoms with E-state index in [2.05, 4.69) is 10.3 Å². The SMILES string of the molecule is Nc1ccccc1NC(=O)c1cc2cc(F)ccc2[nH]1. The second kappa shape index (κ2) is 4.70. The molecule has 0 spiro atoms. The predicted octanol–water partition coefficient (Wildman–Crippen LogP) is 3.14. The van der Waals surface area contributed by atoms with Gasteiger partial charge in [-0.2, -0.15) is 0 Å². The fourth-order valence-corrected chi connectivity index (χ4v) is 2.03. The van der Waals surface area contributed by atoms with Crippen LogP contribution in [0.15, 0.2) is 48.5 Å². The summed E-state index contributed by atoms with van der Waals surface area (Å²) in [5.74, 6) is -0.657. The number of hydrogen-bond acceptors (Lipinski definition) is 2. The number of carbonyl (C=O) groups excluding carboxylic acids is 1. The molecule has 0 aliphatic rings. The van der Waals surface area contributed by atoms with E-state index in [4.69, 9.17) is 5.73 Å². The maximum absolute atomic E-state index is 13.1. The van der Waals surface area contributed by atoms with Gasteiger partial charge in [-0.05, 0) is 36.4 Å². The molecular weight excluding hydrogens is 257 g/mol. The number of para-hydroxylation sites is 2. The van der Waals surface area contributed by atoms with Crippen LogP contribution in [0.1, 0.15) is 10.5 Å². The minimum absolute atomic E-state index is 0.320. The van der Waals surface area contributed by atoms with Crippen LogP contribution in [0.2, 0.25) is 0 Å². The van der Waals surface area contributed by atoms with E-state index in [1.807, 2.05) is 0 Å². The number of rotatable bonds is 2. The lowest BCUT2D eigenvalue weighted by molar-refractivity contribution is 0.102. The number of hydrogen-bond donors (Lipinski definition) is 3. The molecular formula is C15H12FN3O. The van der Waals surface area contributed by atoms with Crippen molar-refractivity contribution in [2.45, 2.75) is 0 Å². The number of H-pyrrole nitrogens is 1. The average Bonchev–Trinajstić information content (AvgIpc) is 2.84. The fourth-order valence-electron chi connectivity index (χ4n) is 2.03. The predicted molar refractivity (Wildman–Crippen MR) is 77.1 cm³/mol. The number of carbonyl (C=O) groups is 1. The summed E-state index contributed by atoms with van der Waals surface area (Å²) in [7, 11) is 0. The van der Waals surface area contributed by atoms with Crippen LogP contribution in [-0.2, 0) is 0 Å². The summed E-state index contributed by atoms with van der Waals surface area (Å²) in [5.41, 5.74) is 7.86. The van der Waals surface area contributed by atoms with Crippen LogP contribution in [0.4, 0.5) is 15.8 Å². The number of nitrogen functional groups attached to an aromatic ring is 1. The third kappa shape index (κ3) is 2.21. The molecule has 0 atom stereocenters. The van der Waals surface area contributed by atoms with Crippen molar-refractivity contribution in [3.63, 3.8) is 0 Å². The van der Waals surface area contributed by atoms with E-state index in [9.17, 15) is 9.18 Å². The molecule has 4 N–H and O–H groups in total. The van der Waals surface area contributed by atoms with E-state index in [0.29, 0.717) is 28.0 Å². The minimum Gasteiger partial charge on any atom is -0.397 e. The first-order valence-corrected chi connectivity index (χ1v) is 6.07. The highest BCUT2D eigenvalue weighted by Crippen LogP contribution is 2.20. The molecule has 1 heterocycles. The molecule has 5 heteroatoms. The quantitative estimate of drug-likeness (QED) is 0.625. The summed E-state index contributed by atoms with van der Waals surface area (Å²) in [6.07, 6.45) is 0. The van der Waals surface area contributed by atoms with Gasteiger partial charge in [0.1, 0.15) is 11.5 Å². The highest BCUT2D eigenvalue weighted by atomic mass is 19.1. The summed E-state index contributed by atoms with van der Waals surface area (Å²) in [6.45, 7) is 0. The van der Waals surface area contributed by atoms with Crippen LogP contribution in [0.25, 0.3) is 10.9 Å². The number of aromatic nitrogens is 1. The molecule has 2 aromatic carbocycles. The van der Waals surface area contributed by atoms with Gasteiger partial charge in [0.05, 0.1) is 11.4 Å². The lowest BCUT2D eigenvalue weighted by Crippen LogP contribution is -2.13. The number of fused-ring (bicyclic) bond motifs is 1. The van der Waals surface area contributed by atoms with Crippen molar-refractivity contribution in [1.29, 1.82) is 0 Å². The molecule has 0 unspecified atom stereocenters. The van der Waals surface area contributed by atoms with E-state index < -0.39 is 0 Å². The summed E-state index contributed by atoms with van der Waals surface area (Å²) in [4.78, 5) is 15.1. The number of amides is 1.